The normalized spacial score (nSPS) is 29.3. The number of hydrogen-bond donors (Lipinski definition) is 2. The Balaban J connectivity index is 0.000000277. The SMILES string of the molecule is COOC1CCCCC1C.O=C(O)C1CCCCC1OSOC1CCC1.O=CO. The molecule has 4 unspecified atom stereocenters. The summed E-state index contributed by atoms with van der Waals surface area (Å²) in [6.45, 7) is 1.98. The quantitative estimate of drug-likeness (QED) is 0.255. The van der Waals surface area contributed by atoms with E-state index in [0.717, 1.165) is 57.3 Å². The van der Waals surface area contributed by atoms with Gasteiger partial charge in [-0.2, -0.15) is 0 Å². The summed E-state index contributed by atoms with van der Waals surface area (Å²) < 4.78 is 10.9. The van der Waals surface area contributed by atoms with Crippen LogP contribution >= 0.6 is 12.3 Å². The second-order valence-electron chi connectivity index (χ2n) is 7.75. The highest BCUT2D eigenvalue weighted by molar-refractivity contribution is 7.89. The number of rotatable bonds is 7. The van der Waals surface area contributed by atoms with Crippen LogP contribution in [0.25, 0.3) is 0 Å². The third-order valence-corrected chi connectivity index (χ3v) is 6.34. The molecule has 4 atom stereocenters. The van der Waals surface area contributed by atoms with E-state index in [-0.39, 0.29) is 18.5 Å². The third kappa shape index (κ3) is 10.6. The number of aliphatic carboxylic acids is 1. The van der Waals surface area contributed by atoms with Gasteiger partial charge in [0.1, 0.15) is 0 Å². The van der Waals surface area contributed by atoms with Crippen LogP contribution in [-0.2, 0) is 27.7 Å². The van der Waals surface area contributed by atoms with E-state index in [1.165, 1.54) is 25.7 Å². The number of carbonyl (C=O) groups is 2. The van der Waals surface area contributed by atoms with Crippen LogP contribution in [0.5, 0.6) is 0 Å². The lowest BCUT2D eigenvalue weighted by Crippen LogP contribution is -2.32. The van der Waals surface area contributed by atoms with Gasteiger partial charge < -0.3 is 10.2 Å². The van der Waals surface area contributed by atoms with E-state index in [9.17, 15) is 4.79 Å². The molecule has 0 aromatic rings. The highest BCUT2D eigenvalue weighted by Gasteiger charge is 2.32. The molecule has 3 rings (SSSR count). The lowest BCUT2D eigenvalue weighted by molar-refractivity contribution is -0.318. The summed E-state index contributed by atoms with van der Waals surface area (Å²) in [7, 11) is 1.58. The molecule has 3 fully saturated rings. The predicted octanol–water partition coefficient (Wildman–Crippen LogP) is 4.62. The maximum absolute atomic E-state index is 11.0. The first kappa shape index (κ1) is 26.2. The van der Waals surface area contributed by atoms with Crippen molar-refractivity contribution in [1.82, 2.24) is 0 Å². The van der Waals surface area contributed by atoms with Gasteiger partial charge in [-0.05, 0) is 50.9 Å². The van der Waals surface area contributed by atoms with Crippen LogP contribution in [0.2, 0.25) is 0 Å². The van der Waals surface area contributed by atoms with Crippen LogP contribution in [-0.4, -0.2) is 48.1 Å². The Bertz CT molecular complexity index is 444. The van der Waals surface area contributed by atoms with Crippen molar-refractivity contribution in [3.05, 3.63) is 0 Å². The fraction of sp³-hybridized carbons (Fsp3) is 0.900. The number of carboxylic acid groups (broad SMARTS) is 2. The summed E-state index contributed by atoms with van der Waals surface area (Å²) in [6.07, 6.45) is 12.6. The molecule has 2 N–H and O–H groups in total. The zero-order chi connectivity index (χ0) is 21.5. The van der Waals surface area contributed by atoms with Gasteiger partial charge >= 0.3 is 5.97 Å². The molecule has 0 saturated heterocycles. The van der Waals surface area contributed by atoms with E-state index < -0.39 is 5.97 Å². The Hall–Kier alpha value is -0.870. The van der Waals surface area contributed by atoms with E-state index in [1.807, 2.05) is 0 Å². The summed E-state index contributed by atoms with van der Waals surface area (Å²) in [5.74, 6) is -0.422. The second-order valence-corrected chi connectivity index (χ2v) is 8.27. The highest BCUT2D eigenvalue weighted by atomic mass is 32.2. The van der Waals surface area contributed by atoms with E-state index >= 15 is 0 Å². The zero-order valence-electron chi connectivity index (χ0n) is 17.5. The lowest BCUT2D eigenvalue weighted by Gasteiger charge is -2.29. The van der Waals surface area contributed by atoms with Crippen molar-refractivity contribution < 1.29 is 37.9 Å². The average molecular weight is 437 g/mol. The minimum atomic E-state index is -0.742. The van der Waals surface area contributed by atoms with Crippen molar-refractivity contribution in [3.8, 4) is 0 Å². The van der Waals surface area contributed by atoms with Crippen LogP contribution in [0.3, 0.4) is 0 Å². The molecule has 0 radical (unpaired) electrons. The van der Waals surface area contributed by atoms with Gasteiger partial charge in [-0.3, -0.25) is 18.0 Å². The van der Waals surface area contributed by atoms with E-state index in [4.69, 9.17) is 28.3 Å². The van der Waals surface area contributed by atoms with Crippen LogP contribution < -0.4 is 0 Å². The number of carboxylic acids is 1. The largest absolute Gasteiger partial charge is 0.483 e. The lowest BCUT2D eigenvalue weighted by atomic mass is 9.87. The molecule has 3 aliphatic rings. The van der Waals surface area contributed by atoms with Gasteiger partial charge in [0.25, 0.3) is 6.47 Å². The molecular formula is C20H36O8S. The van der Waals surface area contributed by atoms with Crippen molar-refractivity contribution in [1.29, 1.82) is 0 Å². The molecule has 0 amide bonds. The van der Waals surface area contributed by atoms with Gasteiger partial charge in [0.15, 0.2) is 12.3 Å². The van der Waals surface area contributed by atoms with Gasteiger partial charge in [-0.1, -0.05) is 32.6 Å². The van der Waals surface area contributed by atoms with Crippen molar-refractivity contribution in [3.63, 3.8) is 0 Å². The minimum Gasteiger partial charge on any atom is -0.483 e. The summed E-state index contributed by atoms with van der Waals surface area (Å²) >= 11 is 1.00. The molecule has 3 saturated carbocycles. The fourth-order valence-electron chi connectivity index (χ4n) is 3.64. The fourth-order valence-corrected chi connectivity index (χ4v) is 4.32. The van der Waals surface area contributed by atoms with Gasteiger partial charge in [0.2, 0.25) is 0 Å². The average Bonchev–Trinajstić information content (AvgIpc) is 2.67. The molecule has 0 spiro atoms. The summed E-state index contributed by atoms with van der Waals surface area (Å²) in [4.78, 5) is 29.1. The minimum absolute atomic E-state index is 0.184. The summed E-state index contributed by atoms with van der Waals surface area (Å²) in [5.41, 5.74) is 0. The first-order valence-electron chi connectivity index (χ1n) is 10.5. The first-order valence-corrected chi connectivity index (χ1v) is 11.2. The molecule has 8 nitrogen and oxygen atoms in total. The zero-order valence-corrected chi connectivity index (χ0v) is 18.3. The predicted molar refractivity (Wildman–Crippen MR) is 109 cm³/mol. The third-order valence-electron chi connectivity index (χ3n) is 5.66. The van der Waals surface area contributed by atoms with Gasteiger partial charge in [0, 0.05) is 0 Å². The smallest absolute Gasteiger partial charge is 0.309 e. The molecule has 9 heteroatoms. The first-order chi connectivity index (χ1) is 14.0. The molecule has 170 valence electrons. The topological polar surface area (TPSA) is 112 Å². The van der Waals surface area contributed by atoms with E-state index in [2.05, 4.69) is 11.8 Å². The Kier molecular flexibility index (Phi) is 14.3. The summed E-state index contributed by atoms with van der Waals surface area (Å²) in [6, 6.07) is 0. The van der Waals surface area contributed by atoms with Gasteiger partial charge in [0.05, 0.1) is 31.3 Å². The van der Waals surface area contributed by atoms with E-state index in [1.54, 1.807) is 7.11 Å². The van der Waals surface area contributed by atoms with Crippen LogP contribution in [0.4, 0.5) is 0 Å². The summed E-state index contributed by atoms with van der Waals surface area (Å²) in [5, 5.41) is 15.9. The molecule has 0 aliphatic heterocycles. The Labute approximate surface area is 178 Å². The molecule has 3 aliphatic carbocycles. The Morgan fingerprint density at radius 2 is 1.52 bits per heavy atom. The standard InChI is InChI=1S/C11H18O4S.C8H16O2.CH2O2/c12-11(13)9-6-1-2-7-10(9)15-16-14-8-4-3-5-8;1-7-5-3-4-6-8(7)10-9-2;2-1-3/h8-10H,1-7H2,(H,12,13);7-8H,3-6H2,1-2H3;1H,(H,2,3). The molecular weight excluding hydrogens is 400 g/mol. The maximum Gasteiger partial charge on any atom is 0.309 e. The van der Waals surface area contributed by atoms with Crippen LogP contribution in [0, 0.1) is 11.8 Å². The van der Waals surface area contributed by atoms with Crippen molar-refractivity contribution >= 4 is 24.8 Å². The molecule has 0 aromatic carbocycles. The van der Waals surface area contributed by atoms with Crippen molar-refractivity contribution in [2.75, 3.05) is 7.11 Å². The van der Waals surface area contributed by atoms with Crippen molar-refractivity contribution in [2.24, 2.45) is 11.8 Å². The molecule has 0 heterocycles. The number of hydrogen-bond acceptors (Lipinski definition) is 7. The van der Waals surface area contributed by atoms with Crippen molar-refractivity contribution in [2.45, 2.75) is 95.9 Å². The molecule has 29 heavy (non-hydrogen) atoms. The Morgan fingerprint density at radius 3 is 2.03 bits per heavy atom. The highest BCUT2D eigenvalue weighted by Crippen LogP contribution is 2.32. The monoisotopic (exact) mass is 436 g/mol. The maximum atomic E-state index is 11.0. The van der Waals surface area contributed by atoms with Gasteiger partial charge in [-0.15, -0.1) is 0 Å². The van der Waals surface area contributed by atoms with Crippen LogP contribution in [0.1, 0.15) is 77.6 Å². The molecule has 0 bridgehead atoms. The van der Waals surface area contributed by atoms with Crippen LogP contribution in [0.15, 0.2) is 0 Å². The Morgan fingerprint density at radius 1 is 0.931 bits per heavy atom. The van der Waals surface area contributed by atoms with Gasteiger partial charge in [-0.25, -0.2) is 9.78 Å². The van der Waals surface area contributed by atoms with E-state index in [0.29, 0.717) is 18.1 Å². The second kappa shape index (κ2) is 15.9. The molecule has 0 aromatic heterocycles.